The van der Waals surface area contributed by atoms with Crippen LogP contribution in [0.5, 0.6) is 5.75 Å². The number of anilines is 3. The first kappa shape index (κ1) is 22.0. The predicted octanol–water partition coefficient (Wildman–Crippen LogP) is 3.01. The van der Waals surface area contributed by atoms with Crippen molar-refractivity contribution >= 4 is 28.9 Å². The van der Waals surface area contributed by atoms with Crippen LogP contribution < -0.4 is 20.3 Å². The summed E-state index contributed by atoms with van der Waals surface area (Å²) in [4.78, 5) is 28.0. The van der Waals surface area contributed by atoms with Crippen LogP contribution in [0.4, 0.5) is 25.8 Å². The van der Waals surface area contributed by atoms with Crippen molar-refractivity contribution in [3.63, 3.8) is 0 Å². The number of methoxy groups -OCH3 is 1. The van der Waals surface area contributed by atoms with E-state index in [0.717, 1.165) is 11.3 Å². The Morgan fingerprint density at radius 1 is 1.19 bits per heavy atom. The van der Waals surface area contributed by atoms with Crippen LogP contribution in [0, 0.1) is 11.6 Å². The van der Waals surface area contributed by atoms with Crippen LogP contribution in [0.25, 0.3) is 0 Å². The molecule has 0 aliphatic carbocycles. The number of aryl methyl sites for hydroxylation is 1. The summed E-state index contributed by atoms with van der Waals surface area (Å²) in [6.07, 6.45) is 1.09. The number of hydrogen-bond donors (Lipinski definition) is 2. The summed E-state index contributed by atoms with van der Waals surface area (Å²) in [6.45, 7) is 3.89. The second kappa shape index (κ2) is 9.12. The van der Waals surface area contributed by atoms with E-state index in [1.165, 1.54) is 19.2 Å². The maximum absolute atomic E-state index is 14.1. The van der Waals surface area contributed by atoms with E-state index in [0.29, 0.717) is 43.9 Å². The van der Waals surface area contributed by atoms with Crippen molar-refractivity contribution in [3.05, 3.63) is 47.5 Å². The minimum Gasteiger partial charge on any atom is -0.491 e. The van der Waals surface area contributed by atoms with E-state index in [1.54, 1.807) is 12.1 Å². The Morgan fingerprint density at radius 3 is 2.62 bits per heavy atom. The van der Waals surface area contributed by atoms with E-state index in [4.69, 9.17) is 4.74 Å². The lowest BCUT2D eigenvalue weighted by Crippen LogP contribution is -2.53. The highest BCUT2D eigenvalue weighted by molar-refractivity contribution is 5.96. The number of nitrogens with zero attached hydrogens (tertiary/aromatic N) is 2. The first-order chi connectivity index (χ1) is 15.3. The van der Waals surface area contributed by atoms with Gasteiger partial charge in [0.15, 0.2) is 17.4 Å². The molecule has 1 saturated heterocycles. The number of amides is 2. The maximum Gasteiger partial charge on any atom is 0.238 e. The van der Waals surface area contributed by atoms with Crippen LogP contribution in [0.15, 0.2) is 30.3 Å². The molecule has 0 saturated carbocycles. The van der Waals surface area contributed by atoms with Crippen molar-refractivity contribution < 1.29 is 23.1 Å². The molecular weight excluding hydrogens is 418 g/mol. The average molecular weight is 444 g/mol. The van der Waals surface area contributed by atoms with Gasteiger partial charge in [-0.3, -0.25) is 14.5 Å². The molecule has 0 spiro atoms. The third kappa shape index (κ3) is 4.67. The average Bonchev–Trinajstić information content (AvgIpc) is 2.73. The van der Waals surface area contributed by atoms with Gasteiger partial charge in [0.25, 0.3) is 0 Å². The van der Waals surface area contributed by atoms with E-state index < -0.39 is 11.6 Å². The molecule has 2 aliphatic heterocycles. The zero-order chi connectivity index (χ0) is 22.8. The van der Waals surface area contributed by atoms with Crippen LogP contribution in [0.1, 0.15) is 18.9 Å². The Labute approximate surface area is 185 Å². The number of hydrogen-bond acceptors (Lipinski definition) is 5. The third-order valence-corrected chi connectivity index (χ3v) is 5.88. The quantitative estimate of drug-likeness (QED) is 0.742. The van der Waals surface area contributed by atoms with Crippen LogP contribution in [0.3, 0.4) is 0 Å². The minimum absolute atomic E-state index is 0.00247. The summed E-state index contributed by atoms with van der Waals surface area (Å²) in [5.41, 5.74) is 2.94. The molecule has 2 heterocycles. The van der Waals surface area contributed by atoms with Gasteiger partial charge in [0.05, 0.1) is 13.7 Å². The first-order valence-corrected chi connectivity index (χ1v) is 10.6. The van der Waals surface area contributed by atoms with Crippen LogP contribution in [-0.4, -0.2) is 56.0 Å². The van der Waals surface area contributed by atoms with Crippen LogP contribution in [0.2, 0.25) is 0 Å². The molecule has 1 fully saturated rings. The van der Waals surface area contributed by atoms with E-state index in [1.807, 2.05) is 22.8 Å². The molecule has 4 rings (SSSR count). The maximum atomic E-state index is 14.1. The summed E-state index contributed by atoms with van der Waals surface area (Å²) >= 11 is 0. The lowest BCUT2D eigenvalue weighted by atomic mass is 10.0. The molecular formula is C23H26F2N4O3. The smallest absolute Gasteiger partial charge is 0.238 e. The van der Waals surface area contributed by atoms with Crippen LogP contribution >= 0.6 is 0 Å². The second-order valence-corrected chi connectivity index (χ2v) is 8.19. The van der Waals surface area contributed by atoms with Crippen molar-refractivity contribution in [1.29, 1.82) is 0 Å². The van der Waals surface area contributed by atoms with E-state index in [2.05, 4.69) is 10.6 Å². The third-order valence-electron chi connectivity index (χ3n) is 5.88. The first-order valence-electron chi connectivity index (χ1n) is 10.6. The monoisotopic (exact) mass is 444 g/mol. The Hall–Kier alpha value is -3.20. The molecule has 0 bridgehead atoms. The molecule has 32 heavy (non-hydrogen) atoms. The van der Waals surface area contributed by atoms with Crippen molar-refractivity contribution in [2.45, 2.75) is 25.8 Å². The van der Waals surface area contributed by atoms with Gasteiger partial charge in [0, 0.05) is 61.3 Å². The Kier molecular flexibility index (Phi) is 6.27. The fraction of sp³-hybridized carbons (Fsp3) is 0.391. The van der Waals surface area contributed by atoms with Crippen molar-refractivity contribution in [1.82, 2.24) is 4.90 Å². The number of ether oxygens (including phenoxy) is 1. The predicted molar refractivity (Wildman–Crippen MR) is 118 cm³/mol. The zero-order valence-corrected chi connectivity index (χ0v) is 18.1. The molecule has 7 nitrogen and oxygen atoms in total. The molecule has 1 atom stereocenters. The molecule has 2 amide bonds. The van der Waals surface area contributed by atoms with Crippen molar-refractivity contribution in [2.24, 2.45) is 0 Å². The number of halogens is 2. The van der Waals surface area contributed by atoms with Gasteiger partial charge >= 0.3 is 0 Å². The van der Waals surface area contributed by atoms with Gasteiger partial charge < -0.3 is 20.3 Å². The summed E-state index contributed by atoms with van der Waals surface area (Å²) in [5.74, 6) is -1.99. The van der Waals surface area contributed by atoms with E-state index in [9.17, 15) is 18.4 Å². The number of benzene rings is 2. The second-order valence-electron chi connectivity index (χ2n) is 8.19. The summed E-state index contributed by atoms with van der Waals surface area (Å²) in [6, 6.07) is 7.99. The van der Waals surface area contributed by atoms with E-state index >= 15 is 0 Å². The topological polar surface area (TPSA) is 73.9 Å². The minimum atomic E-state index is -0.735. The zero-order valence-electron chi connectivity index (χ0n) is 18.1. The molecule has 9 heteroatoms. The fourth-order valence-corrected chi connectivity index (χ4v) is 4.33. The lowest BCUT2D eigenvalue weighted by Gasteiger charge is -2.41. The molecule has 2 aromatic rings. The number of piperazine rings is 1. The number of carbonyl (C=O) groups is 2. The van der Waals surface area contributed by atoms with Gasteiger partial charge in [-0.15, -0.1) is 0 Å². The van der Waals surface area contributed by atoms with Crippen molar-refractivity contribution in [3.8, 4) is 5.75 Å². The summed E-state index contributed by atoms with van der Waals surface area (Å²) < 4.78 is 32.9. The van der Waals surface area contributed by atoms with Gasteiger partial charge in [-0.2, -0.15) is 0 Å². The fourth-order valence-electron chi connectivity index (χ4n) is 4.33. The molecule has 0 radical (unpaired) electrons. The van der Waals surface area contributed by atoms with Gasteiger partial charge in [0.2, 0.25) is 11.8 Å². The highest BCUT2D eigenvalue weighted by Gasteiger charge is 2.27. The Bertz CT molecular complexity index is 1020. The summed E-state index contributed by atoms with van der Waals surface area (Å²) in [5, 5.41) is 5.74. The SMILES string of the molecule is COc1c(F)cc(N2CCN(CC(=O)Nc3ccc4c(c3)CCC(=O)N4)C[C@H]2C)cc1F. The highest BCUT2D eigenvalue weighted by Crippen LogP contribution is 2.30. The molecule has 0 aromatic heterocycles. The largest absolute Gasteiger partial charge is 0.491 e. The molecule has 2 aromatic carbocycles. The number of rotatable bonds is 5. The number of nitrogens with one attached hydrogen (secondary N) is 2. The van der Waals surface area contributed by atoms with Gasteiger partial charge in [-0.05, 0) is 37.1 Å². The van der Waals surface area contributed by atoms with Gasteiger partial charge in [0.1, 0.15) is 0 Å². The van der Waals surface area contributed by atoms with Crippen molar-refractivity contribution in [2.75, 3.05) is 48.8 Å². The Balaban J connectivity index is 1.34. The normalized spacial score (nSPS) is 18.7. The Morgan fingerprint density at radius 2 is 1.94 bits per heavy atom. The molecule has 0 unspecified atom stereocenters. The summed E-state index contributed by atoms with van der Waals surface area (Å²) in [7, 11) is 1.23. The standard InChI is InChI=1S/C23H26F2N4O3/c1-14-12-28(7-8-29(14)17-10-18(24)23(32-2)19(25)11-17)13-22(31)26-16-4-5-20-15(9-16)3-6-21(30)27-20/h4-5,9-11,14H,3,6-8,12-13H2,1-2H3,(H,26,31)(H,27,30)/t14-/m1/s1. The van der Waals surface area contributed by atoms with E-state index in [-0.39, 0.29) is 30.2 Å². The molecule has 170 valence electrons. The molecule has 2 aliphatic rings. The van der Waals surface area contributed by atoms with Crippen LogP contribution in [-0.2, 0) is 16.0 Å². The highest BCUT2D eigenvalue weighted by atomic mass is 19.1. The van der Waals surface area contributed by atoms with Gasteiger partial charge in [-0.1, -0.05) is 0 Å². The van der Waals surface area contributed by atoms with Gasteiger partial charge in [-0.25, -0.2) is 8.78 Å². The number of carbonyl (C=O) groups excluding carboxylic acids is 2. The molecule has 2 N–H and O–H groups in total. The lowest BCUT2D eigenvalue weighted by molar-refractivity contribution is -0.118. The number of fused-ring (bicyclic) bond motifs is 1.